The zero-order valence-electron chi connectivity index (χ0n) is 9.84. The quantitative estimate of drug-likeness (QED) is 0.631. The molecule has 2 rings (SSSR count). The van der Waals surface area contributed by atoms with Gasteiger partial charge in [0.2, 0.25) is 0 Å². The predicted molar refractivity (Wildman–Crippen MR) is 69.3 cm³/mol. The lowest BCUT2D eigenvalue weighted by Gasteiger charge is -2.06. The zero-order chi connectivity index (χ0) is 14.7. The molecule has 0 atom stereocenters. The van der Waals surface area contributed by atoms with Gasteiger partial charge in [0.05, 0.1) is 9.95 Å². The second-order valence-corrected chi connectivity index (χ2v) is 4.13. The van der Waals surface area contributed by atoms with E-state index in [0.717, 1.165) is 12.1 Å². The summed E-state index contributed by atoms with van der Waals surface area (Å²) in [6, 6.07) is 9.24. The summed E-state index contributed by atoms with van der Waals surface area (Å²) in [4.78, 5) is 10.0. The summed E-state index contributed by atoms with van der Waals surface area (Å²) in [7, 11) is 0. The summed E-state index contributed by atoms with van der Waals surface area (Å²) in [6.07, 6.45) is 0. The average molecular weight is 293 g/mol. The van der Waals surface area contributed by atoms with Gasteiger partial charge in [-0.2, -0.15) is 5.26 Å². The van der Waals surface area contributed by atoms with E-state index >= 15 is 0 Å². The lowest BCUT2D eigenvalue weighted by molar-refractivity contribution is -0.385. The monoisotopic (exact) mass is 292 g/mol. The van der Waals surface area contributed by atoms with E-state index in [9.17, 15) is 14.5 Å². The molecule has 0 fully saturated rings. The minimum atomic E-state index is -0.662. The van der Waals surface area contributed by atoms with Gasteiger partial charge in [-0.1, -0.05) is 11.6 Å². The standard InChI is InChI=1S/C13H6ClFN2O3/c14-11-3-1-10(6-12(11)15)20-9-2-4-13(17(18)19)8(5-9)7-16/h1-6H. The molecule has 0 saturated carbocycles. The van der Waals surface area contributed by atoms with Crippen LogP contribution in [-0.4, -0.2) is 4.92 Å². The van der Waals surface area contributed by atoms with Crippen LogP contribution >= 0.6 is 11.6 Å². The van der Waals surface area contributed by atoms with Crippen molar-refractivity contribution in [2.75, 3.05) is 0 Å². The third-order valence-corrected chi connectivity index (χ3v) is 2.72. The fourth-order valence-corrected chi connectivity index (χ4v) is 1.62. The molecule has 0 amide bonds. The van der Waals surface area contributed by atoms with Gasteiger partial charge in [0.25, 0.3) is 5.69 Å². The minimum Gasteiger partial charge on any atom is -0.457 e. The molecule has 2 aromatic rings. The van der Waals surface area contributed by atoms with Gasteiger partial charge in [0.1, 0.15) is 28.9 Å². The maximum atomic E-state index is 13.2. The number of rotatable bonds is 3. The molecule has 0 aliphatic rings. The maximum Gasteiger partial charge on any atom is 0.287 e. The molecule has 0 aliphatic carbocycles. The molecule has 0 bridgehead atoms. The Hall–Kier alpha value is -2.65. The molecule has 5 nitrogen and oxygen atoms in total. The second kappa shape index (κ2) is 5.55. The van der Waals surface area contributed by atoms with Crippen molar-refractivity contribution in [2.45, 2.75) is 0 Å². The van der Waals surface area contributed by atoms with Crippen LogP contribution < -0.4 is 4.74 Å². The highest BCUT2D eigenvalue weighted by molar-refractivity contribution is 6.30. The second-order valence-electron chi connectivity index (χ2n) is 3.73. The number of nitriles is 1. The molecule has 0 saturated heterocycles. The number of halogens is 2. The molecular formula is C13H6ClFN2O3. The van der Waals surface area contributed by atoms with E-state index in [-0.39, 0.29) is 27.8 Å². The fraction of sp³-hybridized carbons (Fsp3) is 0. The lowest BCUT2D eigenvalue weighted by atomic mass is 10.2. The van der Waals surface area contributed by atoms with Crippen molar-refractivity contribution in [2.24, 2.45) is 0 Å². The van der Waals surface area contributed by atoms with E-state index in [1.54, 1.807) is 6.07 Å². The molecule has 0 heterocycles. The molecule has 100 valence electrons. The summed E-state index contributed by atoms with van der Waals surface area (Å²) in [5, 5.41) is 19.5. The third-order valence-electron chi connectivity index (χ3n) is 2.41. The Morgan fingerprint density at radius 2 is 1.90 bits per heavy atom. The van der Waals surface area contributed by atoms with Crippen molar-refractivity contribution in [3.8, 4) is 17.6 Å². The molecule has 0 aromatic heterocycles. The first-order valence-corrected chi connectivity index (χ1v) is 5.70. The number of hydrogen-bond donors (Lipinski definition) is 0. The Morgan fingerprint density at radius 3 is 2.50 bits per heavy atom. The normalized spacial score (nSPS) is 9.85. The van der Waals surface area contributed by atoms with Gasteiger partial charge in [0, 0.05) is 18.2 Å². The van der Waals surface area contributed by atoms with Crippen LogP contribution in [0.3, 0.4) is 0 Å². The van der Waals surface area contributed by atoms with E-state index in [0.29, 0.717) is 0 Å². The molecule has 0 unspecified atom stereocenters. The van der Waals surface area contributed by atoms with Crippen LogP contribution in [0.1, 0.15) is 5.56 Å². The topological polar surface area (TPSA) is 76.2 Å². The number of benzene rings is 2. The Kier molecular flexibility index (Phi) is 3.82. The largest absolute Gasteiger partial charge is 0.457 e. The van der Waals surface area contributed by atoms with Gasteiger partial charge in [-0.05, 0) is 18.2 Å². The van der Waals surface area contributed by atoms with Crippen LogP contribution in [-0.2, 0) is 0 Å². The van der Waals surface area contributed by atoms with Crippen molar-refractivity contribution >= 4 is 17.3 Å². The van der Waals surface area contributed by atoms with Gasteiger partial charge in [-0.25, -0.2) is 4.39 Å². The van der Waals surface area contributed by atoms with Gasteiger partial charge >= 0.3 is 0 Å². The van der Waals surface area contributed by atoms with Crippen molar-refractivity contribution < 1.29 is 14.1 Å². The summed E-state index contributed by atoms with van der Waals surface area (Å²) >= 11 is 5.54. The Bertz CT molecular complexity index is 728. The molecular weight excluding hydrogens is 287 g/mol. The van der Waals surface area contributed by atoms with E-state index in [1.165, 1.54) is 24.3 Å². The molecule has 0 N–H and O–H groups in total. The average Bonchev–Trinajstić information content (AvgIpc) is 2.42. The van der Waals surface area contributed by atoms with Crippen LogP contribution in [0.25, 0.3) is 0 Å². The molecule has 0 aliphatic heterocycles. The number of nitro groups is 1. The molecule has 0 radical (unpaired) electrons. The van der Waals surface area contributed by atoms with Crippen molar-refractivity contribution in [3.05, 3.63) is 62.9 Å². The van der Waals surface area contributed by atoms with Crippen LogP contribution in [0.4, 0.5) is 10.1 Å². The summed E-state index contributed by atoms with van der Waals surface area (Å²) in [5.74, 6) is -0.287. The lowest BCUT2D eigenvalue weighted by Crippen LogP contribution is -1.93. The van der Waals surface area contributed by atoms with Crippen LogP contribution in [0.5, 0.6) is 11.5 Å². The molecule has 7 heteroatoms. The van der Waals surface area contributed by atoms with Gasteiger partial charge in [-0.3, -0.25) is 10.1 Å². The van der Waals surface area contributed by atoms with Crippen molar-refractivity contribution in [3.63, 3.8) is 0 Å². The smallest absolute Gasteiger partial charge is 0.287 e. The Morgan fingerprint density at radius 1 is 1.25 bits per heavy atom. The number of nitro benzene ring substituents is 1. The first-order valence-electron chi connectivity index (χ1n) is 5.32. The highest BCUT2D eigenvalue weighted by Crippen LogP contribution is 2.28. The Balaban J connectivity index is 2.32. The van der Waals surface area contributed by atoms with Crippen molar-refractivity contribution in [1.29, 1.82) is 5.26 Å². The van der Waals surface area contributed by atoms with Crippen molar-refractivity contribution in [1.82, 2.24) is 0 Å². The van der Waals surface area contributed by atoms with Crippen LogP contribution in [0, 0.1) is 27.3 Å². The summed E-state index contributed by atoms with van der Waals surface area (Å²) in [5.41, 5.74) is -0.455. The fourth-order valence-electron chi connectivity index (χ4n) is 1.50. The predicted octanol–water partition coefficient (Wildman–Crippen LogP) is 4.05. The van der Waals surface area contributed by atoms with E-state index in [4.69, 9.17) is 21.6 Å². The van der Waals surface area contributed by atoms with Crippen LogP contribution in [0.15, 0.2) is 36.4 Å². The maximum absolute atomic E-state index is 13.2. The first kappa shape index (κ1) is 13.8. The number of hydrogen-bond acceptors (Lipinski definition) is 4. The Labute approximate surface area is 117 Å². The summed E-state index contributed by atoms with van der Waals surface area (Å²) < 4.78 is 18.6. The first-order chi connectivity index (χ1) is 9.51. The minimum absolute atomic E-state index is 0.0428. The zero-order valence-corrected chi connectivity index (χ0v) is 10.6. The third kappa shape index (κ3) is 2.84. The van der Waals surface area contributed by atoms with Gasteiger partial charge in [0.15, 0.2) is 0 Å². The number of nitrogens with zero attached hydrogens (tertiary/aromatic N) is 2. The van der Waals surface area contributed by atoms with Crippen LogP contribution in [0.2, 0.25) is 5.02 Å². The highest BCUT2D eigenvalue weighted by Gasteiger charge is 2.14. The van der Waals surface area contributed by atoms with Gasteiger partial charge < -0.3 is 4.74 Å². The molecule has 0 spiro atoms. The SMILES string of the molecule is N#Cc1cc(Oc2ccc(Cl)c(F)c2)ccc1[N+](=O)[O-]. The van der Waals surface area contributed by atoms with E-state index in [1.807, 2.05) is 0 Å². The van der Waals surface area contributed by atoms with E-state index in [2.05, 4.69) is 0 Å². The highest BCUT2D eigenvalue weighted by atomic mass is 35.5. The van der Waals surface area contributed by atoms with Gasteiger partial charge in [-0.15, -0.1) is 0 Å². The molecule has 20 heavy (non-hydrogen) atoms. The number of ether oxygens (including phenoxy) is 1. The summed E-state index contributed by atoms with van der Waals surface area (Å²) in [6.45, 7) is 0. The molecule has 2 aromatic carbocycles. The van der Waals surface area contributed by atoms with E-state index < -0.39 is 10.7 Å².